The van der Waals surface area contributed by atoms with Crippen molar-refractivity contribution in [2.24, 2.45) is 5.84 Å². The van der Waals surface area contributed by atoms with Gasteiger partial charge in [-0.25, -0.2) is 5.84 Å². The van der Waals surface area contributed by atoms with Crippen LogP contribution in [-0.2, 0) is 9.59 Å². The highest BCUT2D eigenvalue weighted by Gasteiger charge is 2.30. The van der Waals surface area contributed by atoms with Crippen molar-refractivity contribution in [1.82, 2.24) is 5.43 Å². The monoisotopic (exact) mass is 344 g/mol. The maximum atomic E-state index is 12.8. The number of benzene rings is 1. The molecule has 0 atom stereocenters. The third kappa shape index (κ3) is 3.24. The quantitative estimate of drug-likeness (QED) is 0.256. The summed E-state index contributed by atoms with van der Waals surface area (Å²) >= 11 is 1.50. The largest absolute Gasteiger partial charge is 0.449 e. The van der Waals surface area contributed by atoms with Crippen molar-refractivity contribution in [3.05, 3.63) is 46.3 Å². The highest BCUT2D eigenvalue weighted by atomic mass is 32.1. The molecule has 1 aromatic carbocycles. The standard InChI is InChI=1S/C16H16N4O3S/c17-10-3-4-13-12(8-10)20(6-5-15(21)19-18)16(22)14(23-13)9-11-2-1-7-24-11/h1-4,7-9H,5-6,17-18H2,(H,19,21)/b14-9+. The van der Waals surface area contributed by atoms with Crippen LogP contribution in [0.25, 0.3) is 6.08 Å². The van der Waals surface area contributed by atoms with Gasteiger partial charge in [-0.05, 0) is 29.6 Å². The summed E-state index contributed by atoms with van der Waals surface area (Å²) in [7, 11) is 0. The molecule has 0 aliphatic carbocycles. The van der Waals surface area contributed by atoms with E-state index >= 15 is 0 Å². The molecule has 2 aromatic rings. The van der Waals surface area contributed by atoms with Gasteiger partial charge in [0, 0.05) is 29.6 Å². The Kier molecular flexibility index (Phi) is 4.50. The molecule has 2 heterocycles. The van der Waals surface area contributed by atoms with E-state index in [2.05, 4.69) is 5.43 Å². The van der Waals surface area contributed by atoms with Crippen LogP contribution in [0, 0.1) is 0 Å². The summed E-state index contributed by atoms with van der Waals surface area (Å²) in [6, 6.07) is 8.83. The van der Waals surface area contributed by atoms with Gasteiger partial charge in [0.1, 0.15) is 0 Å². The number of carbonyl (C=O) groups is 2. The first kappa shape index (κ1) is 16.0. The Morgan fingerprint density at radius 2 is 2.21 bits per heavy atom. The van der Waals surface area contributed by atoms with E-state index < -0.39 is 0 Å². The Morgan fingerprint density at radius 3 is 2.92 bits per heavy atom. The summed E-state index contributed by atoms with van der Waals surface area (Å²) in [6.45, 7) is 0.170. The number of anilines is 2. The lowest BCUT2D eigenvalue weighted by Gasteiger charge is -2.30. The van der Waals surface area contributed by atoms with E-state index in [1.807, 2.05) is 17.5 Å². The van der Waals surface area contributed by atoms with Crippen LogP contribution >= 0.6 is 11.3 Å². The van der Waals surface area contributed by atoms with Crippen molar-refractivity contribution in [2.75, 3.05) is 17.2 Å². The van der Waals surface area contributed by atoms with Crippen molar-refractivity contribution in [3.8, 4) is 5.75 Å². The molecule has 0 bridgehead atoms. The first-order valence-corrected chi connectivity index (χ1v) is 8.10. The average Bonchev–Trinajstić information content (AvgIpc) is 3.08. The smallest absolute Gasteiger partial charge is 0.294 e. The van der Waals surface area contributed by atoms with Crippen LogP contribution in [0.1, 0.15) is 11.3 Å². The van der Waals surface area contributed by atoms with Gasteiger partial charge in [0.15, 0.2) is 11.5 Å². The summed E-state index contributed by atoms with van der Waals surface area (Å²) in [5.41, 5.74) is 8.91. The molecule has 8 heteroatoms. The van der Waals surface area contributed by atoms with Crippen molar-refractivity contribution >= 4 is 40.6 Å². The van der Waals surface area contributed by atoms with E-state index in [4.69, 9.17) is 16.3 Å². The highest BCUT2D eigenvalue weighted by Crippen LogP contribution is 2.37. The molecule has 0 radical (unpaired) electrons. The molecule has 1 aliphatic rings. The number of rotatable bonds is 4. The van der Waals surface area contributed by atoms with Crippen LogP contribution in [0.2, 0.25) is 0 Å². The predicted octanol–water partition coefficient (Wildman–Crippen LogP) is 1.48. The lowest BCUT2D eigenvalue weighted by Crippen LogP contribution is -2.40. The van der Waals surface area contributed by atoms with Gasteiger partial charge in [-0.15, -0.1) is 11.3 Å². The Hall–Kier alpha value is -2.84. The third-order valence-corrected chi connectivity index (χ3v) is 4.31. The van der Waals surface area contributed by atoms with E-state index in [0.29, 0.717) is 17.1 Å². The van der Waals surface area contributed by atoms with Crippen molar-refractivity contribution in [2.45, 2.75) is 6.42 Å². The molecular weight excluding hydrogens is 328 g/mol. The Bertz CT molecular complexity index is 802. The van der Waals surface area contributed by atoms with Gasteiger partial charge in [-0.2, -0.15) is 0 Å². The van der Waals surface area contributed by atoms with Crippen molar-refractivity contribution in [1.29, 1.82) is 0 Å². The molecule has 3 rings (SSSR count). The first-order chi connectivity index (χ1) is 11.6. The molecule has 2 amide bonds. The zero-order chi connectivity index (χ0) is 17.1. The number of ether oxygens (including phenoxy) is 1. The van der Waals surface area contributed by atoms with Crippen LogP contribution in [0.4, 0.5) is 11.4 Å². The van der Waals surface area contributed by atoms with E-state index in [1.54, 1.807) is 24.3 Å². The zero-order valence-corrected chi connectivity index (χ0v) is 13.5. The molecule has 0 saturated carbocycles. The minimum absolute atomic E-state index is 0.0722. The van der Waals surface area contributed by atoms with Crippen LogP contribution < -0.4 is 26.6 Å². The van der Waals surface area contributed by atoms with Crippen LogP contribution in [0.15, 0.2) is 41.5 Å². The summed E-state index contributed by atoms with van der Waals surface area (Å²) in [6.07, 6.45) is 1.76. The second kappa shape index (κ2) is 6.73. The van der Waals surface area contributed by atoms with Crippen LogP contribution in [-0.4, -0.2) is 18.4 Å². The van der Waals surface area contributed by atoms with Gasteiger partial charge >= 0.3 is 0 Å². The normalized spacial score (nSPS) is 15.1. The maximum absolute atomic E-state index is 12.8. The molecule has 1 aliphatic heterocycles. The number of nitrogen functional groups attached to an aromatic ring is 1. The molecule has 5 N–H and O–H groups in total. The van der Waals surface area contributed by atoms with Gasteiger partial charge < -0.3 is 15.4 Å². The highest BCUT2D eigenvalue weighted by molar-refractivity contribution is 7.10. The Labute approximate surface area is 142 Å². The van der Waals surface area contributed by atoms with E-state index in [0.717, 1.165) is 4.88 Å². The van der Waals surface area contributed by atoms with Crippen molar-refractivity contribution < 1.29 is 14.3 Å². The molecule has 0 unspecified atom stereocenters. The number of thiophene rings is 1. The Morgan fingerprint density at radius 1 is 1.38 bits per heavy atom. The number of nitrogens with zero attached hydrogens (tertiary/aromatic N) is 1. The molecule has 0 fully saturated rings. The molecule has 0 saturated heterocycles. The molecule has 7 nitrogen and oxygen atoms in total. The van der Waals surface area contributed by atoms with Crippen LogP contribution in [0.3, 0.4) is 0 Å². The van der Waals surface area contributed by atoms with Gasteiger partial charge in [0.05, 0.1) is 5.69 Å². The van der Waals surface area contributed by atoms with E-state index in [1.165, 1.54) is 16.2 Å². The van der Waals surface area contributed by atoms with Crippen molar-refractivity contribution in [3.63, 3.8) is 0 Å². The summed E-state index contributed by atoms with van der Waals surface area (Å²) in [5.74, 6) is 5.13. The Balaban J connectivity index is 1.96. The molecule has 24 heavy (non-hydrogen) atoms. The number of amides is 2. The zero-order valence-electron chi connectivity index (χ0n) is 12.7. The number of hydrogen-bond acceptors (Lipinski definition) is 6. The number of hydrogen-bond donors (Lipinski definition) is 3. The minimum Gasteiger partial charge on any atom is -0.449 e. The molecule has 124 valence electrons. The fourth-order valence-electron chi connectivity index (χ4n) is 2.34. The SMILES string of the molecule is NNC(=O)CCN1C(=O)/C(=C\c2cccs2)Oc2ccc(N)cc21. The van der Waals surface area contributed by atoms with Crippen LogP contribution in [0.5, 0.6) is 5.75 Å². The van der Waals surface area contributed by atoms with Gasteiger partial charge in [-0.3, -0.25) is 15.0 Å². The summed E-state index contributed by atoms with van der Waals surface area (Å²) in [4.78, 5) is 26.6. The van der Waals surface area contributed by atoms with Gasteiger partial charge in [0.2, 0.25) is 5.91 Å². The summed E-state index contributed by atoms with van der Waals surface area (Å²) < 4.78 is 5.73. The molecular formula is C16H16N4O3S. The predicted molar refractivity (Wildman–Crippen MR) is 93.1 cm³/mol. The number of nitrogens with one attached hydrogen (secondary N) is 1. The average molecular weight is 344 g/mol. The topological polar surface area (TPSA) is 111 Å². The van der Waals surface area contributed by atoms with E-state index in [9.17, 15) is 9.59 Å². The van der Waals surface area contributed by atoms with Gasteiger partial charge in [0.25, 0.3) is 5.91 Å². The number of nitrogens with two attached hydrogens (primary N) is 2. The fourth-order valence-corrected chi connectivity index (χ4v) is 2.98. The molecule has 0 spiro atoms. The first-order valence-electron chi connectivity index (χ1n) is 7.22. The number of hydrazine groups is 1. The molecule has 1 aromatic heterocycles. The minimum atomic E-state index is -0.358. The summed E-state index contributed by atoms with van der Waals surface area (Å²) in [5, 5.41) is 1.91. The second-order valence-corrected chi connectivity index (χ2v) is 6.11. The van der Waals surface area contributed by atoms with E-state index in [-0.39, 0.29) is 30.5 Å². The second-order valence-electron chi connectivity index (χ2n) is 5.13. The number of fused-ring (bicyclic) bond motifs is 1. The third-order valence-electron chi connectivity index (χ3n) is 3.49. The number of carbonyl (C=O) groups excluding carboxylic acids is 2. The lowest BCUT2D eigenvalue weighted by molar-refractivity contribution is -0.121. The fraction of sp³-hybridized carbons (Fsp3) is 0.125. The maximum Gasteiger partial charge on any atom is 0.294 e. The van der Waals surface area contributed by atoms with Gasteiger partial charge in [-0.1, -0.05) is 6.07 Å². The lowest BCUT2D eigenvalue weighted by atomic mass is 10.1.